The Morgan fingerprint density at radius 3 is 2.25 bits per heavy atom. The number of benzene rings is 1. The van der Waals surface area contributed by atoms with E-state index in [0.717, 1.165) is 15.6 Å². The first kappa shape index (κ1) is 14.8. The highest BCUT2D eigenvalue weighted by atomic mass is 35.5. The number of carbonyl (C=O) groups is 1. The summed E-state index contributed by atoms with van der Waals surface area (Å²) in [4.78, 5) is 11.0. The predicted molar refractivity (Wildman–Crippen MR) is 79.9 cm³/mol. The average Bonchev–Trinajstić information content (AvgIpc) is 2.85. The number of hydrogen-bond donors (Lipinski definition) is 1. The molecule has 2 aromatic rings. The van der Waals surface area contributed by atoms with Gasteiger partial charge >= 0.3 is 0 Å². The van der Waals surface area contributed by atoms with Gasteiger partial charge in [-0.2, -0.15) is 0 Å². The van der Waals surface area contributed by atoms with E-state index in [0.29, 0.717) is 15.6 Å². The molecular weight excluding hydrogens is 320 g/mol. The first-order valence-electron chi connectivity index (χ1n) is 5.46. The van der Waals surface area contributed by atoms with Gasteiger partial charge in [-0.1, -0.05) is 11.6 Å². The van der Waals surface area contributed by atoms with Crippen molar-refractivity contribution < 1.29 is 13.2 Å². The summed E-state index contributed by atoms with van der Waals surface area (Å²) in [6.07, 6.45) is 0. The molecule has 0 saturated carbocycles. The SMILES string of the molecule is CN(c1ccc(C(N)=O)cc1)S(=O)(=O)c1ccc(Cl)s1. The van der Waals surface area contributed by atoms with E-state index in [1.165, 1.54) is 43.4 Å². The molecule has 0 spiro atoms. The largest absolute Gasteiger partial charge is 0.366 e. The van der Waals surface area contributed by atoms with Crippen LogP contribution in [0.15, 0.2) is 40.6 Å². The molecule has 1 aromatic heterocycles. The van der Waals surface area contributed by atoms with Crippen molar-refractivity contribution in [1.82, 2.24) is 0 Å². The molecule has 0 aliphatic heterocycles. The Labute approximate surface area is 125 Å². The van der Waals surface area contributed by atoms with E-state index in [2.05, 4.69) is 0 Å². The van der Waals surface area contributed by atoms with Crippen molar-refractivity contribution in [3.8, 4) is 0 Å². The van der Waals surface area contributed by atoms with Crippen LogP contribution in [0.5, 0.6) is 0 Å². The Hall–Kier alpha value is -1.57. The maximum absolute atomic E-state index is 12.4. The van der Waals surface area contributed by atoms with Crippen molar-refractivity contribution in [2.75, 3.05) is 11.4 Å². The molecule has 20 heavy (non-hydrogen) atoms. The van der Waals surface area contributed by atoms with Gasteiger partial charge in [0.05, 0.1) is 10.0 Å². The number of halogens is 1. The molecule has 8 heteroatoms. The molecule has 0 radical (unpaired) electrons. The van der Waals surface area contributed by atoms with Crippen molar-refractivity contribution in [3.63, 3.8) is 0 Å². The number of nitrogens with two attached hydrogens (primary N) is 1. The molecule has 1 amide bonds. The molecule has 2 rings (SSSR count). The quantitative estimate of drug-likeness (QED) is 0.934. The molecule has 2 N–H and O–H groups in total. The standard InChI is InChI=1S/C12H11ClN2O3S2/c1-15(9-4-2-8(3-5-9)12(14)16)20(17,18)11-7-6-10(13)19-11/h2-7H,1H3,(H2,14,16). The Morgan fingerprint density at radius 2 is 1.80 bits per heavy atom. The number of rotatable bonds is 4. The summed E-state index contributed by atoms with van der Waals surface area (Å²) < 4.78 is 26.4. The molecule has 0 aliphatic carbocycles. The Bertz CT molecular complexity index is 738. The number of primary amides is 1. The van der Waals surface area contributed by atoms with Crippen molar-refractivity contribution in [2.45, 2.75) is 4.21 Å². The van der Waals surface area contributed by atoms with Gasteiger partial charge in [0.2, 0.25) is 5.91 Å². The summed E-state index contributed by atoms with van der Waals surface area (Å²) in [5.41, 5.74) is 5.88. The lowest BCUT2D eigenvalue weighted by Crippen LogP contribution is -2.25. The fourth-order valence-electron chi connectivity index (χ4n) is 1.55. The maximum atomic E-state index is 12.4. The molecule has 1 heterocycles. The lowest BCUT2D eigenvalue weighted by Gasteiger charge is -2.18. The number of hydrogen-bond acceptors (Lipinski definition) is 4. The molecule has 106 valence electrons. The molecule has 0 fully saturated rings. The summed E-state index contributed by atoms with van der Waals surface area (Å²) in [5.74, 6) is -0.563. The third-order valence-electron chi connectivity index (χ3n) is 2.68. The lowest BCUT2D eigenvalue weighted by molar-refractivity contribution is 0.100. The first-order chi connectivity index (χ1) is 9.32. The molecule has 0 bridgehead atoms. The zero-order valence-electron chi connectivity index (χ0n) is 10.4. The van der Waals surface area contributed by atoms with E-state index in [4.69, 9.17) is 17.3 Å². The predicted octanol–water partition coefficient (Wildman–Crippen LogP) is 2.33. The van der Waals surface area contributed by atoms with Gasteiger partial charge < -0.3 is 5.73 Å². The van der Waals surface area contributed by atoms with E-state index in [-0.39, 0.29) is 4.21 Å². The Balaban J connectivity index is 2.35. The van der Waals surface area contributed by atoms with E-state index in [1.54, 1.807) is 0 Å². The maximum Gasteiger partial charge on any atom is 0.273 e. The summed E-state index contributed by atoms with van der Waals surface area (Å²) >= 11 is 6.74. The van der Waals surface area contributed by atoms with Crippen molar-refractivity contribution in [3.05, 3.63) is 46.3 Å². The fraction of sp³-hybridized carbons (Fsp3) is 0.0833. The molecule has 0 unspecified atom stereocenters. The number of anilines is 1. The molecule has 1 aromatic carbocycles. The fourth-order valence-corrected chi connectivity index (χ4v) is 4.39. The van der Waals surface area contributed by atoms with E-state index >= 15 is 0 Å². The number of nitrogens with zero attached hydrogens (tertiary/aromatic N) is 1. The summed E-state index contributed by atoms with van der Waals surface area (Å²) in [7, 11) is -2.22. The normalized spacial score (nSPS) is 11.3. The van der Waals surface area contributed by atoms with Crippen LogP contribution in [0.3, 0.4) is 0 Å². The van der Waals surface area contributed by atoms with Crippen LogP contribution in [0.4, 0.5) is 5.69 Å². The summed E-state index contributed by atoms with van der Waals surface area (Å²) in [6.45, 7) is 0. The molecular formula is C12H11ClN2O3S2. The van der Waals surface area contributed by atoms with Gasteiger partial charge in [-0.15, -0.1) is 11.3 Å². The molecule has 0 atom stereocenters. The second kappa shape index (κ2) is 5.43. The van der Waals surface area contributed by atoms with Crippen LogP contribution in [0, 0.1) is 0 Å². The molecule has 0 aliphatic rings. The van der Waals surface area contributed by atoms with Crippen molar-refractivity contribution in [1.29, 1.82) is 0 Å². The minimum absolute atomic E-state index is 0.156. The number of carbonyl (C=O) groups excluding carboxylic acids is 1. The van der Waals surface area contributed by atoms with E-state index in [9.17, 15) is 13.2 Å². The van der Waals surface area contributed by atoms with Gasteiger partial charge in [0.1, 0.15) is 4.21 Å². The molecule has 5 nitrogen and oxygen atoms in total. The van der Waals surface area contributed by atoms with E-state index in [1.807, 2.05) is 0 Å². The van der Waals surface area contributed by atoms with Crippen LogP contribution < -0.4 is 10.0 Å². The van der Waals surface area contributed by atoms with Crippen LogP contribution in [0.1, 0.15) is 10.4 Å². The van der Waals surface area contributed by atoms with Crippen molar-refractivity contribution >= 4 is 44.6 Å². The summed E-state index contributed by atoms with van der Waals surface area (Å²) in [6, 6.07) is 8.98. The Kier molecular flexibility index (Phi) is 4.03. The first-order valence-corrected chi connectivity index (χ1v) is 8.10. The number of thiophene rings is 1. The van der Waals surface area contributed by atoms with Gasteiger partial charge in [-0.3, -0.25) is 9.10 Å². The van der Waals surface area contributed by atoms with Gasteiger partial charge in [-0.05, 0) is 36.4 Å². The van der Waals surface area contributed by atoms with Crippen LogP contribution in [-0.4, -0.2) is 21.4 Å². The smallest absolute Gasteiger partial charge is 0.273 e. The lowest BCUT2D eigenvalue weighted by atomic mass is 10.2. The summed E-state index contributed by atoms with van der Waals surface area (Å²) in [5, 5.41) is 0. The number of amides is 1. The van der Waals surface area contributed by atoms with Crippen molar-refractivity contribution in [2.24, 2.45) is 5.73 Å². The second-order valence-electron chi connectivity index (χ2n) is 3.94. The highest BCUT2D eigenvalue weighted by Gasteiger charge is 2.23. The third kappa shape index (κ3) is 2.79. The zero-order chi connectivity index (χ0) is 14.9. The monoisotopic (exact) mass is 330 g/mol. The van der Waals surface area contributed by atoms with Crippen LogP contribution in [-0.2, 0) is 10.0 Å². The van der Waals surface area contributed by atoms with Crippen LogP contribution >= 0.6 is 22.9 Å². The van der Waals surface area contributed by atoms with Gasteiger partial charge in [0, 0.05) is 12.6 Å². The highest BCUT2D eigenvalue weighted by Crippen LogP contribution is 2.29. The van der Waals surface area contributed by atoms with Crippen LogP contribution in [0.2, 0.25) is 4.34 Å². The highest BCUT2D eigenvalue weighted by molar-refractivity contribution is 7.94. The van der Waals surface area contributed by atoms with Crippen LogP contribution in [0.25, 0.3) is 0 Å². The topological polar surface area (TPSA) is 80.5 Å². The van der Waals surface area contributed by atoms with E-state index < -0.39 is 15.9 Å². The Morgan fingerprint density at radius 1 is 1.20 bits per heavy atom. The van der Waals surface area contributed by atoms with Gasteiger partial charge in [-0.25, -0.2) is 8.42 Å². The molecule has 0 saturated heterocycles. The zero-order valence-corrected chi connectivity index (χ0v) is 12.8. The minimum atomic E-state index is -3.65. The minimum Gasteiger partial charge on any atom is -0.366 e. The van der Waals surface area contributed by atoms with Gasteiger partial charge in [0.15, 0.2) is 0 Å². The third-order valence-corrected chi connectivity index (χ3v) is 6.16. The second-order valence-corrected chi connectivity index (χ2v) is 7.85. The number of sulfonamides is 1. The van der Waals surface area contributed by atoms with Gasteiger partial charge in [0.25, 0.3) is 10.0 Å². The average molecular weight is 331 g/mol.